The number of methoxy groups -OCH3 is 2. The SMILES string of the molecule is COc1ccc(OC)c(CC(C#N)c2ccc(C(C)(C)C)cc2)c1. The maximum atomic E-state index is 9.64. The molecule has 0 saturated heterocycles. The van der Waals surface area contributed by atoms with Crippen molar-refractivity contribution in [3.8, 4) is 17.6 Å². The fourth-order valence-corrected chi connectivity index (χ4v) is 2.71. The highest BCUT2D eigenvalue weighted by Gasteiger charge is 2.17. The van der Waals surface area contributed by atoms with E-state index in [1.807, 2.05) is 18.2 Å². The summed E-state index contributed by atoms with van der Waals surface area (Å²) in [6.07, 6.45) is 0.589. The van der Waals surface area contributed by atoms with Crippen molar-refractivity contribution in [2.24, 2.45) is 0 Å². The van der Waals surface area contributed by atoms with Crippen molar-refractivity contribution in [1.29, 1.82) is 5.26 Å². The molecule has 2 aromatic carbocycles. The molecular weight excluding hydrogens is 298 g/mol. The zero-order chi connectivity index (χ0) is 17.7. The van der Waals surface area contributed by atoms with Gasteiger partial charge in [0.05, 0.1) is 26.2 Å². The number of rotatable bonds is 5. The molecule has 2 aromatic rings. The summed E-state index contributed by atoms with van der Waals surface area (Å²) in [7, 11) is 3.28. The van der Waals surface area contributed by atoms with Gasteiger partial charge in [-0.05, 0) is 46.7 Å². The van der Waals surface area contributed by atoms with Crippen molar-refractivity contribution < 1.29 is 9.47 Å². The van der Waals surface area contributed by atoms with Crippen molar-refractivity contribution in [2.45, 2.75) is 38.5 Å². The molecule has 0 spiro atoms. The molecule has 0 bridgehead atoms. The number of nitriles is 1. The Morgan fingerprint density at radius 2 is 1.67 bits per heavy atom. The van der Waals surface area contributed by atoms with Crippen molar-refractivity contribution in [2.75, 3.05) is 14.2 Å². The monoisotopic (exact) mass is 323 g/mol. The van der Waals surface area contributed by atoms with Crippen LogP contribution in [0.5, 0.6) is 11.5 Å². The van der Waals surface area contributed by atoms with Gasteiger partial charge in [-0.15, -0.1) is 0 Å². The van der Waals surface area contributed by atoms with Gasteiger partial charge in [0.25, 0.3) is 0 Å². The molecule has 0 aromatic heterocycles. The highest BCUT2D eigenvalue weighted by Crippen LogP contribution is 2.30. The van der Waals surface area contributed by atoms with Gasteiger partial charge >= 0.3 is 0 Å². The van der Waals surface area contributed by atoms with Crippen LogP contribution in [-0.2, 0) is 11.8 Å². The average Bonchev–Trinajstić information content (AvgIpc) is 2.58. The normalized spacial score (nSPS) is 12.3. The largest absolute Gasteiger partial charge is 0.497 e. The Morgan fingerprint density at radius 1 is 1.00 bits per heavy atom. The Kier molecular flexibility index (Phi) is 5.51. The van der Waals surface area contributed by atoms with E-state index in [-0.39, 0.29) is 11.3 Å². The quantitative estimate of drug-likeness (QED) is 0.790. The molecule has 24 heavy (non-hydrogen) atoms. The topological polar surface area (TPSA) is 42.2 Å². The summed E-state index contributed by atoms with van der Waals surface area (Å²) in [5, 5.41) is 9.64. The molecule has 0 fully saturated rings. The van der Waals surface area contributed by atoms with Crippen LogP contribution in [0.3, 0.4) is 0 Å². The van der Waals surface area contributed by atoms with E-state index >= 15 is 0 Å². The van der Waals surface area contributed by atoms with Gasteiger partial charge < -0.3 is 9.47 Å². The van der Waals surface area contributed by atoms with E-state index in [0.717, 1.165) is 22.6 Å². The Balaban J connectivity index is 2.29. The first-order valence-corrected chi connectivity index (χ1v) is 8.10. The molecule has 0 aliphatic rings. The molecule has 0 saturated carbocycles. The summed E-state index contributed by atoms with van der Waals surface area (Å²) in [6.45, 7) is 6.56. The Morgan fingerprint density at radius 3 is 2.17 bits per heavy atom. The Bertz CT molecular complexity index is 721. The van der Waals surface area contributed by atoms with E-state index in [1.165, 1.54) is 5.56 Å². The van der Waals surface area contributed by atoms with E-state index in [0.29, 0.717) is 6.42 Å². The number of hydrogen-bond acceptors (Lipinski definition) is 3. The van der Waals surface area contributed by atoms with Crippen LogP contribution in [-0.4, -0.2) is 14.2 Å². The molecule has 3 heteroatoms. The predicted octanol–water partition coefficient (Wildman–Crippen LogP) is 4.85. The van der Waals surface area contributed by atoms with Crippen LogP contribution in [0, 0.1) is 11.3 Å². The summed E-state index contributed by atoms with van der Waals surface area (Å²) >= 11 is 0. The van der Waals surface area contributed by atoms with Crippen molar-refractivity contribution in [3.05, 3.63) is 59.2 Å². The van der Waals surface area contributed by atoms with Gasteiger partial charge in [-0.1, -0.05) is 45.0 Å². The molecule has 0 aliphatic carbocycles. The molecule has 0 radical (unpaired) electrons. The minimum Gasteiger partial charge on any atom is -0.497 e. The Hall–Kier alpha value is -2.47. The van der Waals surface area contributed by atoms with Crippen molar-refractivity contribution in [3.63, 3.8) is 0 Å². The van der Waals surface area contributed by atoms with E-state index < -0.39 is 0 Å². The van der Waals surface area contributed by atoms with Crippen molar-refractivity contribution in [1.82, 2.24) is 0 Å². The van der Waals surface area contributed by atoms with Crippen molar-refractivity contribution >= 4 is 0 Å². The second-order valence-corrected chi connectivity index (χ2v) is 6.94. The van der Waals surface area contributed by atoms with Gasteiger partial charge in [0.2, 0.25) is 0 Å². The van der Waals surface area contributed by atoms with Gasteiger partial charge in [-0.2, -0.15) is 5.26 Å². The van der Waals surface area contributed by atoms with Gasteiger partial charge in [0.1, 0.15) is 11.5 Å². The Labute approximate surface area is 144 Å². The van der Waals surface area contributed by atoms with Crippen LogP contribution in [0.4, 0.5) is 0 Å². The molecule has 2 rings (SSSR count). The molecule has 1 unspecified atom stereocenters. The van der Waals surface area contributed by atoms with Crippen LogP contribution >= 0.6 is 0 Å². The molecule has 1 atom stereocenters. The van der Waals surface area contributed by atoms with E-state index in [2.05, 4.69) is 51.1 Å². The first kappa shape index (κ1) is 17.9. The minimum atomic E-state index is -0.222. The molecule has 0 heterocycles. The fraction of sp³-hybridized carbons (Fsp3) is 0.381. The lowest BCUT2D eigenvalue weighted by atomic mass is 9.85. The van der Waals surface area contributed by atoms with Gasteiger partial charge in [-0.3, -0.25) is 0 Å². The number of benzene rings is 2. The maximum Gasteiger partial charge on any atom is 0.122 e. The van der Waals surface area contributed by atoms with Crippen LogP contribution < -0.4 is 9.47 Å². The molecule has 3 nitrogen and oxygen atoms in total. The number of nitrogens with zero attached hydrogens (tertiary/aromatic N) is 1. The summed E-state index contributed by atoms with van der Waals surface area (Å²) < 4.78 is 10.7. The average molecular weight is 323 g/mol. The number of hydrogen-bond donors (Lipinski definition) is 0. The second-order valence-electron chi connectivity index (χ2n) is 6.94. The molecule has 0 aliphatic heterocycles. The minimum absolute atomic E-state index is 0.108. The molecular formula is C21H25NO2. The zero-order valence-electron chi connectivity index (χ0n) is 15.1. The van der Waals surface area contributed by atoms with E-state index in [1.54, 1.807) is 14.2 Å². The summed E-state index contributed by atoms with van der Waals surface area (Å²) in [4.78, 5) is 0. The lowest BCUT2D eigenvalue weighted by Gasteiger charge is -2.20. The van der Waals surface area contributed by atoms with Gasteiger partial charge in [-0.25, -0.2) is 0 Å². The zero-order valence-corrected chi connectivity index (χ0v) is 15.1. The lowest BCUT2D eigenvalue weighted by molar-refractivity contribution is 0.398. The standard InChI is InChI=1S/C21H25NO2/c1-21(2,3)18-8-6-15(7-9-18)17(14-22)12-16-13-19(23-4)10-11-20(16)24-5/h6-11,13,17H,12H2,1-5H3. The third kappa shape index (κ3) is 4.08. The lowest BCUT2D eigenvalue weighted by Crippen LogP contribution is -2.11. The maximum absolute atomic E-state index is 9.64. The number of ether oxygens (including phenoxy) is 2. The van der Waals surface area contributed by atoms with Gasteiger partial charge in [0, 0.05) is 0 Å². The van der Waals surface area contributed by atoms with Gasteiger partial charge in [0.15, 0.2) is 0 Å². The molecule has 0 N–H and O–H groups in total. The molecule has 126 valence electrons. The summed E-state index contributed by atoms with van der Waals surface area (Å²) in [5.74, 6) is 1.33. The van der Waals surface area contributed by atoms with Crippen LogP contribution in [0.15, 0.2) is 42.5 Å². The first-order valence-electron chi connectivity index (χ1n) is 8.10. The van der Waals surface area contributed by atoms with E-state index in [4.69, 9.17) is 9.47 Å². The van der Waals surface area contributed by atoms with Crippen LogP contribution in [0.2, 0.25) is 0 Å². The smallest absolute Gasteiger partial charge is 0.122 e. The highest BCUT2D eigenvalue weighted by atomic mass is 16.5. The highest BCUT2D eigenvalue weighted by molar-refractivity contribution is 5.43. The second kappa shape index (κ2) is 7.40. The first-order chi connectivity index (χ1) is 11.4. The van der Waals surface area contributed by atoms with E-state index in [9.17, 15) is 5.26 Å². The predicted molar refractivity (Wildman–Crippen MR) is 96.7 cm³/mol. The molecule has 0 amide bonds. The fourth-order valence-electron chi connectivity index (χ4n) is 2.71. The third-order valence-electron chi connectivity index (χ3n) is 4.25. The summed E-state index contributed by atoms with van der Waals surface area (Å²) in [6, 6.07) is 16.4. The van der Waals surface area contributed by atoms with Crippen LogP contribution in [0.1, 0.15) is 43.4 Å². The third-order valence-corrected chi connectivity index (χ3v) is 4.25. The van der Waals surface area contributed by atoms with Crippen LogP contribution in [0.25, 0.3) is 0 Å². The summed E-state index contributed by atoms with van der Waals surface area (Å²) in [5.41, 5.74) is 3.37.